The Labute approximate surface area is 122 Å². The molecule has 112 valence electrons. The Morgan fingerprint density at radius 1 is 1.25 bits per heavy atom. The third kappa shape index (κ3) is 3.72. The normalized spacial score (nSPS) is 28.4. The fourth-order valence-electron chi connectivity index (χ4n) is 3.14. The van der Waals surface area contributed by atoms with Crippen molar-refractivity contribution in [1.82, 2.24) is 4.98 Å². The first-order valence-electron chi connectivity index (χ1n) is 7.85. The number of nitrogens with zero attached hydrogens (tertiary/aromatic N) is 1. The van der Waals surface area contributed by atoms with Crippen LogP contribution < -0.4 is 10.5 Å². The summed E-state index contributed by atoms with van der Waals surface area (Å²) in [4.78, 5) is 4.41. The van der Waals surface area contributed by atoms with Gasteiger partial charge in [0.15, 0.2) is 0 Å². The SMILES string of the molecule is CC1CCC(C(C)C)C(Oc2ccc(C(C)N)cn2)C1. The van der Waals surface area contributed by atoms with Crippen molar-refractivity contribution >= 4 is 0 Å². The number of rotatable bonds is 4. The second-order valence-corrected chi connectivity index (χ2v) is 6.70. The minimum Gasteiger partial charge on any atom is -0.474 e. The van der Waals surface area contributed by atoms with Gasteiger partial charge in [-0.05, 0) is 43.1 Å². The summed E-state index contributed by atoms with van der Waals surface area (Å²) in [6.45, 7) is 8.88. The smallest absolute Gasteiger partial charge is 0.213 e. The molecular weight excluding hydrogens is 248 g/mol. The van der Waals surface area contributed by atoms with E-state index in [0.717, 1.165) is 23.8 Å². The van der Waals surface area contributed by atoms with Crippen LogP contribution in [0.5, 0.6) is 5.88 Å². The number of ether oxygens (including phenoxy) is 1. The fraction of sp³-hybridized carbons (Fsp3) is 0.706. The topological polar surface area (TPSA) is 48.1 Å². The maximum absolute atomic E-state index is 6.18. The van der Waals surface area contributed by atoms with Gasteiger partial charge in [-0.15, -0.1) is 0 Å². The summed E-state index contributed by atoms with van der Waals surface area (Å²) in [5, 5.41) is 0. The summed E-state index contributed by atoms with van der Waals surface area (Å²) in [6.07, 6.45) is 5.85. The van der Waals surface area contributed by atoms with Crippen molar-refractivity contribution in [2.75, 3.05) is 0 Å². The average Bonchev–Trinajstić information content (AvgIpc) is 2.39. The van der Waals surface area contributed by atoms with E-state index in [1.54, 1.807) is 0 Å². The maximum atomic E-state index is 6.18. The Kier molecular flexibility index (Phi) is 5.03. The van der Waals surface area contributed by atoms with Crippen molar-refractivity contribution in [1.29, 1.82) is 0 Å². The van der Waals surface area contributed by atoms with Crippen LogP contribution in [0.25, 0.3) is 0 Å². The molecule has 2 N–H and O–H groups in total. The molecule has 0 aromatic carbocycles. The molecule has 0 saturated heterocycles. The molecule has 1 heterocycles. The van der Waals surface area contributed by atoms with Crippen molar-refractivity contribution in [3.63, 3.8) is 0 Å². The number of nitrogens with two attached hydrogens (primary N) is 1. The highest BCUT2D eigenvalue weighted by Gasteiger charge is 2.32. The van der Waals surface area contributed by atoms with Crippen molar-refractivity contribution in [2.24, 2.45) is 23.5 Å². The first kappa shape index (κ1) is 15.3. The number of pyridine rings is 1. The number of hydrogen-bond donors (Lipinski definition) is 1. The molecular formula is C17H28N2O. The summed E-state index contributed by atoms with van der Waals surface area (Å²) >= 11 is 0. The van der Waals surface area contributed by atoms with E-state index < -0.39 is 0 Å². The van der Waals surface area contributed by atoms with E-state index in [-0.39, 0.29) is 6.04 Å². The molecule has 3 nitrogen and oxygen atoms in total. The molecule has 4 atom stereocenters. The van der Waals surface area contributed by atoms with Gasteiger partial charge in [0.1, 0.15) is 6.10 Å². The molecule has 1 fully saturated rings. The summed E-state index contributed by atoms with van der Waals surface area (Å²) in [5.74, 6) is 2.79. The van der Waals surface area contributed by atoms with Crippen LogP contribution >= 0.6 is 0 Å². The van der Waals surface area contributed by atoms with Crippen LogP contribution in [0.1, 0.15) is 58.6 Å². The lowest BCUT2D eigenvalue weighted by Gasteiger charge is -2.37. The first-order valence-corrected chi connectivity index (χ1v) is 7.85. The molecule has 1 aromatic heterocycles. The van der Waals surface area contributed by atoms with Gasteiger partial charge in [0.25, 0.3) is 0 Å². The van der Waals surface area contributed by atoms with Gasteiger partial charge in [-0.3, -0.25) is 0 Å². The third-order valence-corrected chi connectivity index (χ3v) is 4.52. The Morgan fingerprint density at radius 2 is 2.00 bits per heavy atom. The number of aromatic nitrogens is 1. The lowest BCUT2D eigenvalue weighted by Crippen LogP contribution is -2.36. The Morgan fingerprint density at radius 3 is 2.55 bits per heavy atom. The van der Waals surface area contributed by atoms with Crippen LogP contribution in [0.4, 0.5) is 0 Å². The lowest BCUT2D eigenvalue weighted by molar-refractivity contribution is 0.0426. The average molecular weight is 276 g/mol. The molecule has 1 aliphatic rings. The highest BCUT2D eigenvalue weighted by Crippen LogP contribution is 2.35. The molecule has 20 heavy (non-hydrogen) atoms. The molecule has 0 radical (unpaired) electrons. The van der Waals surface area contributed by atoms with Gasteiger partial charge >= 0.3 is 0 Å². The van der Waals surface area contributed by atoms with E-state index in [0.29, 0.717) is 17.9 Å². The summed E-state index contributed by atoms with van der Waals surface area (Å²) in [7, 11) is 0. The van der Waals surface area contributed by atoms with Gasteiger partial charge in [-0.25, -0.2) is 4.98 Å². The standard InChI is InChI=1S/C17H28N2O/c1-11(2)15-7-5-12(3)9-16(15)20-17-8-6-14(10-19-17)13(4)18/h6,8,10-13,15-16H,5,7,9,18H2,1-4H3. The summed E-state index contributed by atoms with van der Waals surface area (Å²) in [5.41, 5.74) is 6.90. The summed E-state index contributed by atoms with van der Waals surface area (Å²) < 4.78 is 6.18. The van der Waals surface area contributed by atoms with Crippen LogP contribution in [0.15, 0.2) is 18.3 Å². The zero-order chi connectivity index (χ0) is 14.7. The molecule has 1 aliphatic carbocycles. The summed E-state index contributed by atoms with van der Waals surface area (Å²) in [6, 6.07) is 3.99. The van der Waals surface area contributed by atoms with E-state index in [9.17, 15) is 0 Å². The Bertz CT molecular complexity index is 414. The van der Waals surface area contributed by atoms with Crippen LogP contribution in [-0.4, -0.2) is 11.1 Å². The second-order valence-electron chi connectivity index (χ2n) is 6.70. The van der Waals surface area contributed by atoms with E-state index in [1.165, 1.54) is 12.8 Å². The van der Waals surface area contributed by atoms with Gasteiger partial charge < -0.3 is 10.5 Å². The molecule has 0 aliphatic heterocycles. The first-order chi connectivity index (χ1) is 9.47. The van der Waals surface area contributed by atoms with Crippen molar-refractivity contribution < 1.29 is 4.74 Å². The van der Waals surface area contributed by atoms with Gasteiger partial charge in [0.05, 0.1) is 0 Å². The predicted molar refractivity (Wildman–Crippen MR) is 82.6 cm³/mol. The van der Waals surface area contributed by atoms with Gasteiger partial charge in [-0.1, -0.05) is 33.3 Å². The molecule has 2 rings (SSSR count). The lowest BCUT2D eigenvalue weighted by atomic mass is 9.75. The van der Waals surface area contributed by atoms with Crippen molar-refractivity contribution in [3.8, 4) is 5.88 Å². The predicted octanol–water partition coefficient (Wildman–Crippen LogP) is 3.94. The van der Waals surface area contributed by atoms with E-state index in [2.05, 4.69) is 25.8 Å². The van der Waals surface area contributed by atoms with Gasteiger partial charge in [-0.2, -0.15) is 0 Å². The van der Waals surface area contributed by atoms with Crippen LogP contribution in [-0.2, 0) is 0 Å². The van der Waals surface area contributed by atoms with Crippen LogP contribution in [0.2, 0.25) is 0 Å². The zero-order valence-electron chi connectivity index (χ0n) is 13.2. The third-order valence-electron chi connectivity index (χ3n) is 4.52. The minimum absolute atomic E-state index is 0.0228. The van der Waals surface area contributed by atoms with Crippen molar-refractivity contribution in [2.45, 2.75) is 59.1 Å². The van der Waals surface area contributed by atoms with Crippen LogP contribution in [0, 0.1) is 17.8 Å². The van der Waals surface area contributed by atoms with Crippen LogP contribution in [0.3, 0.4) is 0 Å². The molecule has 1 saturated carbocycles. The van der Waals surface area contributed by atoms with Gasteiger partial charge in [0, 0.05) is 18.3 Å². The molecule has 3 heteroatoms. The quantitative estimate of drug-likeness (QED) is 0.906. The number of hydrogen-bond acceptors (Lipinski definition) is 3. The molecule has 1 aromatic rings. The maximum Gasteiger partial charge on any atom is 0.213 e. The minimum atomic E-state index is 0.0228. The Balaban J connectivity index is 2.05. The monoisotopic (exact) mass is 276 g/mol. The highest BCUT2D eigenvalue weighted by molar-refractivity contribution is 5.20. The molecule has 4 unspecified atom stereocenters. The zero-order valence-corrected chi connectivity index (χ0v) is 13.2. The molecule has 0 bridgehead atoms. The van der Waals surface area contributed by atoms with Crippen molar-refractivity contribution in [3.05, 3.63) is 23.9 Å². The van der Waals surface area contributed by atoms with Gasteiger partial charge in [0.2, 0.25) is 5.88 Å². The van der Waals surface area contributed by atoms with E-state index in [4.69, 9.17) is 10.5 Å². The van der Waals surface area contributed by atoms with E-state index in [1.807, 2.05) is 25.3 Å². The second kappa shape index (κ2) is 6.57. The molecule has 0 amide bonds. The fourth-order valence-corrected chi connectivity index (χ4v) is 3.14. The largest absolute Gasteiger partial charge is 0.474 e. The Hall–Kier alpha value is -1.09. The highest BCUT2D eigenvalue weighted by atomic mass is 16.5. The van der Waals surface area contributed by atoms with E-state index >= 15 is 0 Å². The molecule has 0 spiro atoms.